The van der Waals surface area contributed by atoms with Crippen LogP contribution in [0.15, 0.2) is 42.5 Å². The maximum atomic E-state index is 15.1. The summed E-state index contributed by atoms with van der Waals surface area (Å²) in [6.45, 7) is 3.72. The zero-order valence-electron chi connectivity index (χ0n) is 20.3. The number of aromatic nitrogens is 2. The number of hydrogen-bond donors (Lipinski definition) is 1. The van der Waals surface area contributed by atoms with Crippen molar-refractivity contribution >= 4 is 22.4 Å². The highest BCUT2D eigenvalue weighted by atomic mass is 19.1. The summed E-state index contributed by atoms with van der Waals surface area (Å²) >= 11 is 0. The lowest BCUT2D eigenvalue weighted by molar-refractivity contribution is 0.238. The van der Waals surface area contributed by atoms with E-state index in [0.717, 1.165) is 73.6 Å². The number of alkyl halides is 1. The molecule has 3 heterocycles. The van der Waals surface area contributed by atoms with E-state index in [0.29, 0.717) is 30.5 Å². The minimum atomic E-state index is -1.37. The summed E-state index contributed by atoms with van der Waals surface area (Å²) in [6.07, 6.45) is 3.99. The number of aliphatic hydroxyl groups is 1. The Morgan fingerprint density at radius 3 is 2.51 bits per heavy atom. The average molecular weight is 477 g/mol. The van der Waals surface area contributed by atoms with Gasteiger partial charge in [0, 0.05) is 49.8 Å². The van der Waals surface area contributed by atoms with Crippen molar-refractivity contribution in [3.05, 3.63) is 53.9 Å². The molecule has 0 bridgehead atoms. The van der Waals surface area contributed by atoms with Gasteiger partial charge in [-0.05, 0) is 67.9 Å². The normalized spacial score (nSPS) is 22.1. The van der Waals surface area contributed by atoms with Crippen LogP contribution < -0.4 is 14.5 Å². The molecule has 1 aromatic heterocycles. The topological polar surface area (TPSA) is 61.7 Å². The highest BCUT2D eigenvalue weighted by Crippen LogP contribution is 2.49. The molecule has 2 aromatic carbocycles. The fourth-order valence-corrected chi connectivity index (χ4v) is 5.69. The van der Waals surface area contributed by atoms with Gasteiger partial charge in [0.05, 0.1) is 12.6 Å². The van der Waals surface area contributed by atoms with Crippen LogP contribution in [-0.4, -0.2) is 55.0 Å². The number of nitrogens with zero attached hydrogens (tertiary/aromatic N) is 4. The second kappa shape index (κ2) is 8.94. The van der Waals surface area contributed by atoms with Crippen LogP contribution in [0.2, 0.25) is 0 Å². The van der Waals surface area contributed by atoms with E-state index in [1.807, 2.05) is 18.2 Å². The second-order valence-corrected chi connectivity index (χ2v) is 10.3. The SMILES string of the molecule is COc1ccccc1C1CCN(c2nc(C3(F)CC3)nc3ccc(N4CCC(CO)C4)cc23)CC1. The van der Waals surface area contributed by atoms with Crippen LogP contribution in [0.5, 0.6) is 5.75 Å². The van der Waals surface area contributed by atoms with Gasteiger partial charge in [0.1, 0.15) is 11.6 Å². The molecule has 7 heteroatoms. The molecule has 1 unspecified atom stereocenters. The van der Waals surface area contributed by atoms with Crippen molar-refractivity contribution in [2.24, 2.45) is 5.92 Å². The molecule has 1 N–H and O–H groups in total. The van der Waals surface area contributed by atoms with Crippen LogP contribution >= 0.6 is 0 Å². The predicted octanol–water partition coefficient (Wildman–Crippen LogP) is 4.80. The highest BCUT2D eigenvalue weighted by molar-refractivity contribution is 5.92. The Kier molecular flexibility index (Phi) is 5.75. The number of methoxy groups -OCH3 is 1. The van der Waals surface area contributed by atoms with Gasteiger partial charge in [-0.25, -0.2) is 14.4 Å². The first-order chi connectivity index (χ1) is 17.1. The standard InChI is InChI=1S/C28H33FN4O2/c1-35-25-5-3-2-4-22(25)20-9-14-32(15-10-20)26-23-16-21(33-13-8-19(17-33)18-34)6-7-24(23)30-27(31-26)28(29)11-12-28/h2-7,16,19-20,34H,8-15,17-18H2,1H3. The number of halogens is 1. The van der Waals surface area contributed by atoms with Gasteiger partial charge in [-0.1, -0.05) is 18.2 Å². The fourth-order valence-electron chi connectivity index (χ4n) is 5.69. The summed E-state index contributed by atoms with van der Waals surface area (Å²) < 4.78 is 20.7. The molecule has 1 saturated carbocycles. The Bertz CT molecular complexity index is 1220. The van der Waals surface area contributed by atoms with Gasteiger partial charge in [0.25, 0.3) is 0 Å². The predicted molar refractivity (Wildman–Crippen MR) is 136 cm³/mol. The van der Waals surface area contributed by atoms with Crippen molar-refractivity contribution in [3.8, 4) is 5.75 Å². The van der Waals surface area contributed by atoms with Gasteiger partial charge >= 0.3 is 0 Å². The van der Waals surface area contributed by atoms with Gasteiger partial charge in [0.2, 0.25) is 0 Å². The number of aliphatic hydroxyl groups excluding tert-OH is 1. The van der Waals surface area contributed by atoms with Gasteiger partial charge in [-0.2, -0.15) is 0 Å². The molecule has 184 valence electrons. The van der Waals surface area contributed by atoms with Crippen LogP contribution in [0, 0.1) is 5.92 Å². The molecule has 6 rings (SSSR count). The molecule has 0 radical (unpaired) electrons. The van der Waals surface area contributed by atoms with Crippen molar-refractivity contribution < 1.29 is 14.2 Å². The van der Waals surface area contributed by atoms with Crippen LogP contribution in [0.25, 0.3) is 10.9 Å². The maximum absolute atomic E-state index is 15.1. The Morgan fingerprint density at radius 2 is 1.80 bits per heavy atom. The number of anilines is 2. The number of piperidine rings is 1. The van der Waals surface area contributed by atoms with Crippen molar-refractivity contribution in [2.45, 2.75) is 43.7 Å². The summed E-state index contributed by atoms with van der Waals surface area (Å²) in [5, 5.41) is 10.6. The monoisotopic (exact) mass is 476 g/mol. The van der Waals surface area contributed by atoms with Gasteiger partial charge < -0.3 is 19.6 Å². The van der Waals surface area contributed by atoms with Crippen molar-refractivity contribution in [2.75, 3.05) is 49.7 Å². The van der Waals surface area contributed by atoms with Crippen molar-refractivity contribution in [3.63, 3.8) is 0 Å². The Balaban J connectivity index is 1.32. The minimum absolute atomic E-state index is 0.224. The molecule has 3 fully saturated rings. The Hall–Kier alpha value is -2.93. The first-order valence-electron chi connectivity index (χ1n) is 12.8. The van der Waals surface area contributed by atoms with Crippen LogP contribution in [0.3, 0.4) is 0 Å². The molecule has 3 aliphatic rings. The molecule has 1 atom stereocenters. The quantitative estimate of drug-likeness (QED) is 0.552. The number of hydrogen-bond acceptors (Lipinski definition) is 6. The van der Waals surface area contributed by atoms with E-state index < -0.39 is 5.67 Å². The van der Waals surface area contributed by atoms with E-state index in [1.165, 1.54) is 5.56 Å². The highest BCUT2D eigenvalue weighted by Gasteiger charge is 2.48. The van der Waals surface area contributed by atoms with Crippen LogP contribution in [-0.2, 0) is 5.67 Å². The zero-order chi connectivity index (χ0) is 24.0. The molecule has 3 aromatic rings. The maximum Gasteiger partial charge on any atom is 0.170 e. The lowest BCUT2D eigenvalue weighted by Gasteiger charge is -2.34. The molecular formula is C28H33FN4O2. The zero-order valence-corrected chi connectivity index (χ0v) is 20.3. The summed E-state index contributed by atoms with van der Waals surface area (Å²) in [5.41, 5.74) is 1.82. The molecule has 0 spiro atoms. The third-order valence-electron chi connectivity index (χ3n) is 8.03. The van der Waals surface area contributed by atoms with Crippen molar-refractivity contribution in [1.29, 1.82) is 0 Å². The van der Waals surface area contributed by atoms with Gasteiger partial charge in [-0.15, -0.1) is 0 Å². The molecular weight excluding hydrogens is 443 g/mol. The minimum Gasteiger partial charge on any atom is -0.496 e. The van der Waals surface area contributed by atoms with Crippen LogP contribution in [0.4, 0.5) is 15.9 Å². The molecule has 6 nitrogen and oxygen atoms in total. The molecule has 1 aliphatic carbocycles. The first kappa shape index (κ1) is 22.5. The number of fused-ring (bicyclic) bond motifs is 1. The van der Waals surface area contributed by atoms with Crippen molar-refractivity contribution in [1.82, 2.24) is 9.97 Å². The van der Waals surface area contributed by atoms with E-state index in [2.05, 4.69) is 39.0 Å². The van der Waals surface area contributed by atoms with E-state index in [-0.39, 0.29) is 6.61 Å². The summed E-state index contributed by atoms with van der Waals surface area (Å²) in [6, 6.07) is 14.5. The molecule has 35 heavy (non-hydrogen) atoms. The smallest absolute Gasteiger partial charge is 0.170 e. The number of ether oxygens (including phenoxy) is 1. The number of para-hydroxylation sites is 1. The van der Waals surface area contributed by atoms with Gasteiger partial charge in [-0.3, -0.25) is 0 Å². The summed E-state index contributed by atoms with van der Waals surface area (Å²) in [7, 11) is 1.73. The van der Waals surface area contributed by atoms with Gasteiger partial charge in [0.15, 0.2) is 11.5 Å². The lowest BCUT2D eigenvalue weighted by Crippen LogP contribution is -2.34. The Morgan fingerprint density at radius 1 is 1.03 bits per heavy atom. The Labute approximate surface area is 205 Å². The first-order valence-corrected chi connectivity index (χ1v) is 12.8. The van der Waals surface area contributed by atoms with E-state index in [9.17, 15) is 5.11 Å². The second-order valence-electron chi connectivity index (χ2n) is 10.3. The molecule has 2 saturated heterocycles. The molecule has 0 amide bonds. The largest absolute Gasteiger partial charge is 0.496 e. The summed E-state index contributed by atoms with van der Waals surface area (Å²) in [5.74, 6) is 2.89. The molecule has 2 aliphatic heterocycles. The van der Waals surface area contributed by atoms with Crippen LogP contribution in [0.1, 0.15) is 49.4 Å². The fraction of sp³-hybridized carbons (Fsp3) is 0.500. The third-order valence-corrected chi connectivity index (χ3v) is 8.03. The van der Waals surface area contributed by atoms with E-state index >= 15 is 4.39 Å². The van der Waals surface area contributed by atoms with E-state index in [1.54, 1.807) is 7.11 Å². The third kappa shape index (κ3) is 4.20. The number of benzene rings is 2. The lowest BCUT2D eigenvalue weighted by atomic mass is 9.88. The van der Waals surface area contributed by atoms with E-state index in [4.69, 9.17) is 9.72 Å². The number of rotatable bonds is 6. The summed E-state index contributed by atoms with van der Waals surface area (Å²) in [4.78, 5) is 14.1. The average Bonchev–Trinajstić information content (AvgIpc) is 3.48.